The van der Waals surface area contributed by atoms with Crippen molar-refractivity contribution in [1.82, 2.24) is 14.9 Å². The molecule has 2 fully saturated rings. The second-order valence-corrected chi connectivity index (χ2v) is 10.0. The van der Waals surface area contributed by atoms with Gasteiger partial charge in [-0.25, -0.2) is 9.97 Å². The maximum absolute atomic E-state index is 12.9. The highest BCUT2D eigenvalue weighted by Crippen LogP contribution is 2.34. The lowest BCUT2D eigenvalue weighted by Crippen LogP contribution is -2.42. The lowest BCUT2D eigenvalue weighted by molar-refractivity contribution is -0.118. The molecule has 1 saturated heterocycles. The van der Waals surface area contributed by atoms with Crippen LogP contribution in [-0.2, 0) is 17.6 Å². The van der Waals surface area contributed by atoms with Gasteiger partial charge in [0.05, 0.1) is 0 Å². The fourth-order valence-corrected chi connectivity index (χ4v) is 5.94. The number of fused-ring (bicyclic) bond motifs is 1. The predicted molar refractivity (Wildman–Crippen MR) is 128 cm³/mol. The number of aromatic nitrogens is 2. The van der Waals surface area contributed by atoms with Crippen LogP contribution in [0.4, 0.5) is 5.82 Å². The van der Waals surface area contributed by atoms with Crippen LogP contribution in [0.3, 0.4) is 0 Å². The van der Waals surface area contributed by atoms with Gasteiger partial charge >= 0.3 is 0 Å². The third-order valence-electron chi connectivity index (χ3n) is 7.72. The maximum Gasteiger partial charge on any atom is 0.228 e. The van der Waals surface area contributed by atoms with Gasteiger partial charge in [0, 0.05) is 42.7 Å². The fourth-order valence-electron chi connectivity index (χ4n) is 5.94. The van der Waals surface area contributed by atoms with Gasteiger partial charge in [0.2, 0.25) is 5.91 Å². The van der Waals surface area contributed by atoms with E-state index in [0.29, 0.717) is 18.9 Å². The van der Waals surface area contributed by atoms with Crippen LogP contribution >= 0.6 is 0 Å². The molecule has 0 bridgehead atoms. The number of anilines is 1. The second kappa shape index (κ2) is 9.30. The van der Waals surface area contributed by atoms with Crippen LogP contribution in [0.25, 0.3) is 0 Å². The zero-order valence-corrected chi connectivity index (χ0v) is 19.6. The molecule has 0 N–H and O–H groups in total. The first-order chi connectivity index (χ1) is 15.6. The van der Waals surface area contributed by atoms with Crippen molar-refractivity contribution in [3.63, 3.8) is 0 Å². The van der Waals surface area contributed by atoms with Gasteiger partial charge in [0.15, 0.2) is 0 Å². The molecule has 1 aromatic carbocycles. The van der Waals surface area contributed by atoms with Gasteiger partial charge in [-0.3, -0.25) is 14.6 Å². The molecule has 1 aliphatic carbocycles. The largest absolute Gasteiger partial charge is 0.300 e. The Hall–Kier alpha value is -2.27. The number of nitrogens with zero attached hydrogens (tertiary/aromatic N) is 4. The average Bonchev–Trinajstić information content (AvgIpc) is 3.33. The van der Waals surface area contributed by atoms with Gasteiger partial charge in [-0.05, 0) is 64.5 Å². The molecule has 3 aliphatic rings. The smallest absolute Gasteiger partial charge is 0.228 e. The normalized spacial score (nSPS) is 22.4. The minimum absolute atomic E-state index is 0.199. The topological polar surface area (TPSA) is 49.3 Å². The Balaban J connectivity index is 1.38. The summed E-state index contributed by atoms with van der Waals surface area (Å²) < 4.78 is 0. The molecule has 1 unspecified atom stereocenters. The van der Waals surface area contributed by atoms with Gasteiger partial charge < -0.3 is 0 Å². The number of hydrogen-bond acceptors (Lipinski definition) is 4. The molecular formula is C27H36N4O. The lowest BCUT2D eigenvalue weighted by atomic mass is 9.94. The summed E-state index contributed by atoms with van der Waals surface area (Å²) in [5.41, 5.74) is 4.77. The van der Waals surface area contributed by atoms with Crippen molar-refractivity contribution in [3.05, 3.63) is 52.5 Å². The number of rotatable bonds is 5. The molecule has 3 heterocycles. The van der Waals surface area contributed by atoms with Crippen molar-refractivity contribution >= 4 is 11.7 Å². The van der Waals surface area contributed by atoms with E-state index >= 15 is 0 Å². The Morgan fingerprint density at radius 2 is 1.88 bits per heavy atom. The summed E-state index contributed by atoms with van der Waals surface area (Å²) in [7, 11) is 0. The molecule has 5 nitrogen and oxygen atoms in total. The number of carbonyl (C=O) groups is 1. The first kappa shape index (κ1) is 21.6. The monoisotopic (exact) mass is 432 g/mol. The van der Waals surface area contributed by atoms with Crippen molar-refractivity contribution in [2.45, 2.75) is 83.6 Å². The standard InChI is InChI=1S/C27H36N4O/c1-19-7-5-8-21(17-19)14-16-31-25(32)13-12-24-20(2)28-26(29-27(24)31)22-9-6-15-30(18-22)23-10-3-4-11-23/h5,7-8,17,22-23H,3-4,6,9-16,18H2,1-2H3. The Morgan fingerprint density at radius 1 is 1.03 bits per heavy atom. The molecule has 1 saturated carbocycles. The van der Waals surface area contributed by atoms with Gasteiger partial charge in [-0.1, -0.05) is 42.7 Å². The minimum Gasteiger partial charge on any atom is -0.300 e. The van der Waals surface area contributed by atoms with E-state index in [4.69, 9.17) is 9.97 Å². The molecule has 5 rings (SSSR count). The molecule has 32 heavy (non-hydrogen) atoms. The van der Waals surface area contributed by atoms with Crippen molar-refractivity contribution in [3.8, 4) is 0 Å². The SMILES string of the molecule is Cc1cccc(CCN2C(=O)CCc3c(C)nc(C4CCCN(C5CCCC5)C4)nc32)c1. The van der Waals surface area contributed by atoms with Crippen molar-refractivity contribution in [2.24, 2.45) is 0 Å². The number of carbonyl (C=O) groups excluding carboxylic acids is 1. The van der Waals surface area contributed by atoms with E-state index in [1.807, 2.05) is 4.90 Å². The van der Waals surface area contributed by atoms with Gasteiger partial charge in [0.25, 0.3) is 0 Å². The number of benzene rings is 1. The highest BCUT2D eigenvalue weighted by molar-refractivity contribution is 5.95. The van der Waals surface area contributed by atoms with Crippen molar-refractivity contribution in [1.29, 1.82) is 0 Å². The number of piperidine rings is 1. The first-order valence-electron chi connectivity index (χ1n) is 12.6. The molecule has 170 valence electrons. The Morgan fingerprint density at radius 3 is 2.69 bits per heavy atom. The molecule has 5 heteroatoms. The summed E-state index contributed by atoms with van der Waals surface area (Å²) in [6, 6.07) is 9.33. The zero-order valence-electron chi connectivity index (χ0n) is 19.6. The van der Waals surface area contributed by atoms with E-state index in [2.05, 4.69) is 43.0 Å². The van der Waals surface area contributed by atoms with Crippen molar-refractivity contribution in [2.75, 3.05) is 24.5 Å². The molecule has 1 amide bonds. The Labute approximate surface area is 192 Å². The third-order valence-corrected chi connectivity index (χ3v) is 7.72. The molecule has 2 aliphatic heterocycles. The second-order valence-electron chi connectivity index (χ2n) is 10.0. The van der Waals surface area contributed by atoms with E-state index in [1.54, 1.807) is 0 Å². The Bertz CT molecular complexity index is 982. The quantitative estimate of drug-likeness (QED) is 0.685. The lowest BCUT2D eigenvalue weighted by Gasteiger charge is -2.37. The summed E-state index contributed by atoms with van der Waals surface area (Å²) in [6.07, 6.45) is 9.98. The average molecular weight is 433 g/mol. The number of amides is 1. The first-order valence-corrected chi connectivity index (χ1v) is 12.6. The van der Waals surface area contributed by atoms with Crippen LogP contribution in [0.15, 0.2) is 24.3 Å². The van der Waals surface area contributed by atoms with Gasteiger partial charge in [-0.15, -0.1) is 0 Å². The van der Waals surface area contributed by atoms with Crippen LogP contribution < -0.4 is 4.90 Å². The predicted octanol–water partition coefficient (Wildman–Crippen LogP) is 4.74. The van der Waals surface area contributed by atoms with Crippen molar-refractivity contribution < 1.29 is 4.79 Å². The van der Waals surface area contributed by atoms with Crippen LogP contribution in [0.1, 0.15) is 79.1 Å². The van der Waals surface area contributed by atoms with Crippen LogP contribution in [-0.4, -0.2) is 46.5 Å². The number of likely N-dealkylation sites (tertiary alicyclic amines) is 1. The Kier molecular flexibility index (Phi) is 6.27. The summed E-state index contributed by atoms with van der Waals surface area (Å²) in [6.45, 7) is 7.19. The number of hydrogen-bond donors (Lipinski definition) is 0. The van der Waals surface area contributed by atoms with Crippen LogP contribution in [0, 0.1) is 13.8 Å². The third kappa shape index (κ3) is 4.45. The van der Waals surface area contributed by atoms with E-state index in [9.17, 15) is 4.79 Å². The molecule has 2 aromatic rings. The minimum atomic E-state index is 0.199. The molecule has 1 atom stereocenters. The van der Waals surface area contributed by atoms with Crippen LogP contribution in [0.5, 0.6) is 0 Å². The zero-order chi connectivity index (χ0) is 22.1. The summed E-state index contributed by atoms with van der Waals surface area (Å²) in [5.74, 6) is 2.42. The summed E-state index contributed by atoms with van der Waals surface area (Å²) >= 11 is 0. The summed E-state index contributed by atoms with van der Waals surface area (Å²) in [4.78, 5) is 27.6. The summed E-state index contributed by atoms with van der Waals surface area (Å²) in [5, 5.41) is 0. The van der Waals surface area contributed by atoms with E-state index < -0.39 is 0 Å². The molecular weight excluding hydrogens is 396 g/mol. The van der Waals surface area contributed by atoms with E-state index in [1.165, 1.54) is 55.3 Å². The number of aryl methyl sites for hydroxylation is 2. The highest BCUT2D eigenvalue weighted by Gasteiger charge is 2.32. The molecule has 0 radical (unpaired) electrons. The maximum atomic E-state index is 12.9. The van der Waals surface area contributed by atoms with E-state index in [0.717, 1.165) is 49.2 Å². The van der Waals surface area contributed by atoms with Gasteiger partial charge in [0.1, 0.15) is 11.6 Å². The molecule has 1 aromatic heterocycles. The van der Waals surface area contributed by atoms with Gasteiger partial charge in [-0.2, -0.15) is 0 Å². The highest BCUT2D eigenvalue weighted by atomic mass is 16.2. The van der Waals surface area contributed by atoms with E-state index in [-0.39, 0.29) is 5.91 Å². The fraction of sp³-hybridized carbons (Fsp3) is 0.593. The molecule has 0 spiro atoms. The van der Waals surface area contributed by atoms with Crippen LogP contribution in [0.2, 0.25) is 0 Å².